The van der Waals surface area contributed by atoms with Crippen LogP contribution < -0.4 is 14.8 Å². The molecule has 0 aliphatic carbocycles. The number of carboxylic acids is 2. The minimum atomic E-state index is -3.92. The van der Waals surface area contributed by atoms with E-state index < -0.39 is 27.9 Å². The van der Waals surface area contributed by atoms with Crippen molar-refractivity contribution in [3.63, 3.8) is 0 Å². The fourth-order valence-corrected chi connectivity index (χ4v) is 5.53. The normalized spacial score (nSPS) is 11.2. The molecule has 0 bridgehead atoms. The highest BCUT2D eigenvalue weighted by Gasteiger charge is 2.16. The van der Waals surface area contributed by atoms with Crippen LogP contribution in [-0.4, -0.2) is 113 Å². The maximum Gasteiger partial charge on any atom is 0.329 e. The van der Waals surface area contributed by atoms with Crippen molar-refractivity contribution in [2.75, 3.05) is 70.7 Å². The summed E-state index contributed by atoms with van der Waals surface area (Å²) < 4.78 is 54.6. The van der Waals surface area contributed by atoms with Crippen molar-refractivity contribution in [3.8, 4) is 5.75 Å². The van der Waals surface area contributed by atoms with Crippen LogP contribution in [0.1, 0.15) is 74.6 Å². The van der Waals surface area contributed by atoms with Crippen molar-refractivity contribution >= 4 is 39.5 Å². The molecule has 0 saturated heterocycles. The number of carboxylic acid groups (broad SMARTS) is 2. The third kappa shape index (κ3) is 21.3. The summed E-state index contributed by atoms with van der Waals surface area (Å²) in [5.41, 5.74) is 0.235. The number of carbonyl (C=O) groups is 4. The van der Waals surface area contributed by atoms with E-state index in [1.54, 1.807) is 12.1 Å². The molecule has 1 heterocycles. The van der Waals surface area contributed by atoms with E-state index in [0.717, 1.165) is 38.5 Å². The number of carbonyl (C=O) groups excluding carboxylic acids is 2. The molecule has 17 heteroatoms. The molecule has 0 fully saturated rings. The number of hydrogen-bond donors (Lipinski definition) is 4. The number of aromatic nitrogens is 1. The van der Waals surface area contributed by atoms with Gasteiger partial charge in [-0.2, -0.15) is 0 Å². The maximum atomic E-state index is 12.8. The number of unbranched alkanes of at least 4 members (excludes halogenated alkanes) is 6. The third-order valence-electron chi connectivity index (χ3n) is 7.21. The Labute approximate surface area is 304 Å². The second-order valence-corrected chi connectivity index (χ2v) is 13.3. The summed E-state index contributed by atoms with van der Waals surface area (Å²) in [5.74, 6) is -1.68. The number of pyridine rings is 1. The van der Waals surface area contributed by atoms with E-state index in [-0.39, 0.29) is 81.3 Å². The van der Waals surface area contributed by atoms with Gasteiger partial charge in [-0.15, -0.1) is 0 Å². The summed E-state index contributed by atoms with van der Waals surface area (Å²) in [7, 11) is -3.92. The van der Waals surface area contributed by atoms with Gasteiger partial charge in [-0.05, 0) is 55.7 Å². The minimum Gasteiger partial charge on any atom is -0.494 e. The van der Waals surface area contributed by atoms with Gasteiger partial charge in [-0.25, -0.2) is 18.2 Å². The Bertz CT molecular complexity index is 1440. The monoisotopic (exact) mass is 753 g/mol. The first-order valence-corrected chi connectivity index (χ1v) is 18.8. The number of amides is 1. The van der Waals surface area contributed by atoms with E-state index in [9.17, 15) is 27.6 Å². The molecule has 0 atom stereocenters. The Morgan fingerprint density at radius 3 is 1.92 bits per heavy atom. The van der Waals surface area contributed by atoms with Gasteiger partial charge in [-0.1, -0.05) is 32.1 Å². The molecule has 1 aromatic carbocycles. The van der Waals surface area contributed by atoms with Crippen LogP contribution in [0.2, 0.25) is 0 Å². The molecule has 52 heavy (non-hydrogen) atoms. The number of nitrogens with one attached hydrogen (secondary N) is 2. The average molecular weight is 754 g/mol. The SMILES string of the molecule is O=C(O)CCCCCCCCCOc1ccc(S(=O)(=O)Nc2ccc(C(=O)NCCOCCOCC(=O)CCCOCCOCC(=O)O)cn2)cc1. The number of nitrogens with zero attached hydrogens (tertiary/aromatic N) is 1. The van der Waals surface area contributed by atoms with Crippen molar-refractivity contribution in [2.24, 2.45) is 0 Å². The lowest BCUT2D eigenvalue weighted by atomic mass is 10.1. The lowest BCUT2D eigenvalue weighted by Gasteiger charge is -2.10. The highest BCUT2D eigenvalue weighted by molar-refractivity contribution is 7.92. The van der Waals surface area contributed by atoms with Crippen molar-refractivity contribution < 1.29 is 61.5 Å². The first-order chi connectivity index (χ1) is 25.1. The lowest BCUT2D eigenvalue weighted by molar-refractivity contribution is -0.143. The zero-order chi connectivity index (χ0) is 37.9. The van der Waals surface area contributed by atoms with Crippen molar-refractivity contribution in [3.05, 3.63) is 48.2 Å². The van der Waals surface area contributed by atoms with E-state index in [4.69, 9.17) is 33.9 Å². The predicted octanol–water partition coefficient (Wildman–Crippen LogP) is 3.70. The molecule has 0 aliphatic heterocycles. The number of ketones is 1. The van der Waals surface area contributed by atoms with Gasteiger partial charge in [-0.3, -0.25) is 19.1 Å². The zero-order valence-corrected chi connectivity index (χ0v) is 30.2. The molecule has 0 aliphatic rings. The van der Waals surface area contributed by atoms with E-state index in [1.165, 1.54) is 30.5 Å². The molecule has 290 valence electrons. The molecule has 1 amide bonds. The molecule has 1 aromatic heterocycles. The van der Waals surface area contributed by atoms with Crippen LogP contribution in [0, 0.1) is 0 Å². The van der Waals surface area contributed by atoms with Gasteiger partial charge in [0.25, 0.3) is 15.9 Å². The number of Topliss-reactive ketones (excluding diaryl/α,β-unsaturated/α-hetero) is 1. The molecule has 2 aromatic rings. The largest absolute Gasteiger partial charge is 0.494 e. The zero-order valence-electron chi connectivity index (χ0n) is 29.4. The molecule has 4 N–H and O–H groups in total. The predicted molar refractivity (Wildman–Crippen MR) is 189 cm³/mol. The fourth-order valence-electron chi connectivity index (χ4n) is 4.52. The molecular formula is C35H51N3O13S. The molecular weight excluding hydrogens is 702 g/mol. The number of sulfonamides is 1. The third-order valence-corrected chi connectivity index (χ3v) is 8.58. The lowest BCUT2D eigenvalue weighted by Crippen LogP contribution is -2.28. The van der Waals surface area contributed by atoms with Gasteiger partial charge in [0, 0.05) is 32.2 Å². The van der Waals surface area contributed by atoms with E-state index in [0.29, 0.717) is 38.2 Å². The number of rotatable bonds is 32. The highest BCUT2D eigenvalue weighted by Crippen LogP contribution is 2.19. The fraction of sp³-hybridized carbons (Fsp3) is 0.571. The van der Waals surface area contributed by atoms with E-state index >= 15 is 0 Å². The molecule has 0 unspecified atom stereocenters. The van der Waals surface area contributed by atoms with Crippen LogP contribution in [0.5, 0.6) is 5.75 Å². The minimum absolute atomic E-state index is 0.0319. The van der Waals surface area contributed by atoms with Crippen LogP contribution in [-0.2, 0) is 43.4 Å². The quantitative estimate of drug-likeness (QED) is 0.0782. The van der Waals surface area contributed by atoms with Gasteiger partial charge < -0.3 is 39.2 Å². The van der Waals surface area contributed by atoms with Gasteiger partial charge in [0.05, 0.1) is 50.1 Å². The van der Waals surface area contributed by atoms with Crippen molar-refractivity contribution in [1.82, 2.24) is 10.3 Å². The maximum absolute atomic E-state index is 12.8. The van der Waals surface area contributed by atoms with Gasteiger partial charge in [0.2, 0.25) is 0 Å². The van der Waals surface area contributed by atoms with Crippen LogP contribution in [0.3, 0.4) is 0 Å². The summed E-state index contributed by atoms with van der Waals surface area (Å²) in [4.78, 5) is 49.2. The Hall–Kier alpha value is -4.16. The smallest absolute Gasteiger partial charge is 0.329 e. The van der Waals surface area contributed by atoms with E-state index in [2.05, 4.69) is 15.0 Å². The van der Waals surface area contributed by atoms with Gasteiger partial charge >= 0.3 is 11.9 Å². The van der Waals surface area contributed by atoms with Crippen LogP contribution >= 0.6 is 0 Å². The Morgan fingerprint density at radius 2 is 1.27 bits per heavy atom. The molecule has 0 radical (unpaired) electrons. The Kier molecular flexibility index (Phi) is 22.5. The van der Waals surface area contributed by atoms with E-state index in [1.807, 2.05) is 0 Å². The second kappa shape index (κ2) is 26.6. The standard InChI is InChI=1S/C35H51N3O13S/c39-29(9-8-18-47-21-24-50-27-34(42)43)26-49-23-22-48-20-17-36-35(44)28-11-16-32(37-25-28)38-52(45,46)31-14-12-30(13-15-31)51-19-7-5-3-1-2-4-6-10-33(40)41/h11-16,25H,1-10,17-24,26-27H2,(H,36,44)(H,37,38)(H,40,41)(H,42,43). The highest BCUT2D eigenvalue weighted by atomic mass is 32.2. The van der Waals surface area contributed by atoms with Crippen LogP contribution in [0.25, 0.3) is 0 Å². The molecule has 2 rings (SSSR count). The number of anilines is 1. The molecule has 16 nitrogen and oxygen atoms in total. The Balaban J connectivity index is 1.53. The van der Waals surface area contributed by atoms with Crippen LogP contribution in [0.4, 0.5) is 5.82 Å². The summed E-state index contributed by atoms with van der Waals surface area (Å²) in [5, 5.41) is 19.8. The van der Waals surface area contributed by atoms with Gasteiger partial charge in [0.15, 0.2) is 5.78 Å². The molecule has 0 spiro atoms. The number of aliphatic carboxylic acids is 2. The summed E-state index contributed by atoms with van der Waals surface area (Å²) in [6.07, 6.45) is 8.93. The van der Waals surface area contributed by atoms with Crippen molar-refractivity contribution in [1.29, 1.82) is 0 Å². The Morgan fingerprint density at radius 1 is 0.635 bits per heavy atom. The summed E-state index contributed by atoms with van der Waals surface area (Å²) in [6, 6.07) is 8.90. The molecule has 0 saturated carbocycles. The first-order valence-electron chi connectivity index (χ1n) is 17.3. The summed E-state index contributed by atoms with van der Waals surface area (Å²) in [6.45, 7) is 1.73. The number of ether oxygens (including phenoxy) is 5. The number of benzene rings is 1. The second-order valence-electron chi connectivity index (χ2n) is 11.6. The van der Waals surface area contributed by atoms with Crippen LogP contribution in [0.15, 0.2) is 47.5 Å². The first kappa shape index (κ1) is 44.0. The topological polar surface area (TPSA) is 226 Å². The van der Waals surface area contributed by atoms with Crippen molar-refractivity contribution in [2.45, 2.75) is 69.1 Å². The average Bonchev–Trinajstić information content (AvgIpc) is 3.11. The summed E-state index contributed by atoms with van der Waals surface area (Å²) >= 11 is 0. The van der Waals surface area contributed by atoms with Gasteiger partial charge in [0.1, 0.15) is 24.8 Å². The number of hydrogen-bond acceptors (Lipinski definition) is 12.